The van der Waals surface area contributed by atoms with Gasteiger partial charge in [-0.1, -0.05) is 50.2 Å². The molecule has 0 aliphatic carbocycles. The van der Waals surface area contributed by atoms with Gasteiger partial charge in [0.1, 0.15) is 0 Å². The number of aliphatic imine (C=N–C) groups is 1. The van der Waals surface area contributed by atoms with Crippen molar-refractivity contribution in [2.45, 2.75) is 52.0 Å². The molecule has 0 heterocycles. The van der Waals surface area contributed by atoms with E-state index >= 15 is 0 Å². The molecule has 152 valence electrons. The maximum absolute atomic E-state index is 12.2. The van der Waals surface area contributed by atoms with E-state index in [4.69, 9.17) is 5.73 Å². The summed E-state index contributed by atoms with van der Waals surface area (Å²) < 4.78 is 27.1. The van der Waals surface area contributed by atoms with Gasteiger partial charge >= 0.3 is 0 Å². The molecular formula is C21H30N4O2S. The van der Waals surface area contributed by atoms with Gasteiger partial charge < -0.3 is 11.1 Å². The van der Waals surface area contributed by atoms with Crippen molar-refractivity contribution >= 4 is 21.7 Å². The topological polar surface area (TPSA) is 96.6 Å². The molecular weight excluding hydrogens is 372 g/mol. The highest BCUT2D eigenvalue weighted by molar-refractivity contribution is 7.88. The number of nitrogens with zero attached hydrogens (tertiary/aromatic N) is 1. The van der Waals surface area contributed by atoms with Gasteiger partial charge in [0, 0.05) is 11.7 Å². The average molecular weight is 403 g/mol. The van der Waals surface area contributed by atoms with Crippen molar-refractivity contribution in [2.75, 3.05) is 5.32 Å². The predicted octanol–water partition coefficient (Wildman–Crippen LogP) is 3.56. The van der Waals surface area contributed by atoms with Gasteiger partial charge in [-0.2, -0.15) is 0 Å². The molecule has 7 heteroatoms. The maximum atomic E-state index is 12.2. The smallest absolute Gasteiger partial charge is 0.216 e. The first-order valence-corrected chi connectivity index (χ1v) is 11.0. The molecule has 0 bridgehead atoms. The Kier molecular flexibility index (Phi) is 7.60. The van der Waals surface area contributed by atoms with E-state index < -0.39 is 10.0 Å². The zero-order chi connectivity index (χ0) is 20.7. The van der Waals surface area contributed by atoms with Crippen LogP contribution in [0.3, 0.4) is 0 Å². The van der Waals surface area contributed by atoms with Crippen LogP contribution in [0.4, 0.5) is 5.69 Å². The van der Waals surface area contributed by atoms with Gasteiger partial charge in [0.2, 0.25) is 10.0 Å². The lowest BCUT2D eigenvalue weighted by molar-refractivity contribution is 0.569. The Balaban J connectivity index is 2.10. The lowest BCUT2D eigenvalue weighted by Crippen LogP contribution is -2.31. The molecule has 0 saturated carbocycles. The van der Waals surface area contributed by atoms with Crippen LogP contribution in [0.15, 0.2) is 53.5 Å². The van der Waals surface area contributed by atoms with Crippen molar-refractivity contribution in [1.29, 1.82) is 0 Å². The molecule has 0 aliphatic heterocycles. The van der Waals surface area contributed by atoms with Crippen molar-refractivity contribution in [3.05, 3.63) is 65.2 Å². The summed E-state index contributed by atoms with van der Waals surface area (Å²) in [5.41, 5.74) is 9.67. The number of hydrogen-bond donors (Lipinski definition) is 3. The fourth-order valence-corrected chi connectivity index (χ4v) is 4.28. The van der Waals surface area contributed by atoms with Crippen LogP contribution >= 0.6 is 0 Å². The third kappa shape index (κ3) is 6.98. The Morgan fingerprint density at radius 3 is 2.36 bits per heavy atom. The average Bonchev–Trinajstić information content (AvgIpc) is 2.59. The first-order chi connectivity index (χ1) is 13.2. The monoisotopic (exact) mass is 402 g/mol. The van der Waals surface area contributed by atoms with Crippen LogP contribution in [-0.2, 0) is 22.3 Å². The molecule has 2 aromatic rings. The summed E-state index contributed by atoms with van der Waals surface area (Å²) >= 11 is 0. The second-order valence-corrected chi connectivity index (χ2v) is 9.16. The van der Waals surface area contributed by atoms with Crippen LogP contribution in [0.25, 0.3) is 0 Å². The number of nitrogens with two attached hydrogens (primary N) is 1. The summed E-state index contributed by atoms with van der Waals surface area (Å²) in [4.78, 5) is 4.38. The Bertz CT molecular complexity index is 922. The van der Waals surface area contributed by atoms with Crippen LogP contribution in [-0.4, -0.2) is 20.4 Å². The number of rotatable bonds is 8. The SMILES string of the molecule is CC(C)NS(=O)(=O)Cc1ccccc1CN=C(N)Nc1cccc(C(C)C)c1. The van der Waals surface area contributed by atoms with Gasteiger partial charge in [0.25, 0.3) is 0 Å². The minimum atomic E-state index is -3.40. The van der Waals surface area contributed by atoms with Crippen LogP contribution < -0.4 is 15.8 Å². The van der Waals surface area contributed by atoms with Crippen molar-refractivity contribution in [3.8, 4) is 0 Å². The van der Waals surface area contributed by atoms with E-state index in [9.17, 15) is 8.42 Å². The van der Waals surface area contributed by atoms with Crippen LogP contribution in [0, 0.1) is 0 Å². The van der Waals surface area contributed by atoms with E-state index in [2.05, 4.69) is 34.9 Å². The van der Waals surface area contributed by atoms with Gasteiger partial charge in [-0.3, -0.25) is 0 Å². The molecule has 0 radical (unpaired) electrons. The first kappa shape index (κ1) is 21.9. The first-order valence-electron chi connectivity index (χ1n) is 9.40. The lowest BCUT2D eigenvalue weighted by atomic mass is 10.0. The zero-order valence-electron chi connectivity index (χ0n) is 16.9. The third-order valence-corrected chi connectivity index (χ3v) is 5.65. The number of nitrogens with one attached hydrogen (secondary N) is 2. The second-order valence-electron chi connectivity index (χ2n) is 7.41. The summed E-state index contributed by atoms with van der Waals surface area (Å²) in [5, 5.41) is 3.10. The minimum absolute atomic E-state index is 0.0827. The van der Waals surface area contributed by atoms with Gasteiger partial charge in [-0.15, -0.1) is 0 Å². The van der Waals surface area contributed by atoms with E-state index in [0.717, 1.165) is 11.3 Å². The van der Waals surface area contributed by atoms with Gasteiger partial charge in [-0.05, 0) is 48.6 Å². The summed E-state index contributed by atoms with van der Waals surface area (Å²) in [6.07, 6.45) is 0. The van der Waals surface area contributed by atoms with Crippen molar-refractivity contribution in [2.24, 2.45) is 10.7 Å². The Morgan fingerprint density at radius 2 is 1.71 bits per heavy atom. The van der Waals surface area contributed by atoms with Crippen LogP contribution in [0.2, 0.25) is 0 Å². The predicted molar refractivity (Wildman–Crippen MR) is 117 cm³/mol. The molecule has 6 nitrogen and oxygen atoms in total. The quantitative estimate of drug-likeness (QED) is 0.464. The normalized spacial score (nSPS) is 12.6. The molecule has 2 rings (SSSR count). The highest BCUT2D eigenvalue weighted by atomic mass is 32.2. The molecule has 0 spiro atoms. The summed E-state index contributed by atoms with van der Waals surface area (Å²) in [7, 11) is -3.40. The second kappa shape index (κ2) is 9.71. The highest BCUT2D eigenvalue weighted by Crippen LogP contribution is 2.18. The molecule has 2 aromatic carbocycles. The Labute approximate surface area is 168 Å². The Hall–Kier alpha value is -2.38. The largest absolute Gasteiger partial charge is 0.370 e. The fraction of sp³-hybridized carbons (Fsp3) is 0.381. The number of benzene rings is 2. The molecule has 0 fully saturated rings. The molecule has 0 atom stereocenters. The van der Waals surface area contributed by atoms with E-state index in [0.29, 0.717) is 24.0 Å². The molecule has 0 unspecified atom stereocenters. The van der Waals surface area contributed by atoms with Crippen molar-refractivity contribution < 1.29 is 8.42 Å². The van der Waals surface area contributed by atoms with Gasteiger partial charge in [0.05, 0.1) is 12.3 Å². The molecule has 0 aromatic heterocycles. The minimum Gasteiger partial charge on any atom is -0.370 e. The number of anilines is 1. The third-order valence-electron chi connectivity index (χ3n) is 4.12. The molecule has 28 heavy (non-hydrogen) atoms. The standard InChI is InChI=1S/C21H30N4O2S/c1-15(2)17-10-7-11-20(12-17)24-21(22)23-13-18-8-5-6-9-19(18)14-28(26,27)25-16(3)4/h5-12,15-16,25H,13-14H2,1-4H3,(H3,22,23,24). The summed E-state index contributed by atoms with van der Waals surface area (Å²) in [6.45, 7) is 8.17. The van der Waals surface area contributed by atoms with E-state index in [1.54, 1.807) is 19.9 Å². The Morgan fingerprint density at radius 1 is 1.04 bits per heavy atom. The fourth-order valence-electron chi connectivity index (χ4n) is 2.79. The number of hydrogen-bond acceptors (Lipinski definition) is 3. The maximum Gasteiger partial charge on any atom is 0.216 e. The molecule has 0 aliphatic rings. The summed E-state index contributed by atoms with van der Waals surface area (Å²) in [5.74, 6) is 0.632. The van der Waals surface area contributed by atoms with E-state index in [-0.39, 0.29) is 11.8 Å². The van der Waals surface area contributed by atoms with Crippen LogP contribution in [0.5, 0.6) is 0 Å². The van der Waals surface area contributed by atoms with Gasteiger partial charge in [0.15, 0.2) is 5.96 Å². The molecule has 0 amide bonds. The number of sulfonamides is 1. The number of guanidine groups is 1. The van der Waals surface area contributed by atoms with Crippen molar-refractivity contribution in [1.82, 2.24) is 4.72 Å². The summed E-state index contributed by atoms with van der Waals surface area (Å²) in [6, 6.07) is 15.3. The van der Waals surface area contributed by atoms with Gasteiger partial charge in [-0.25, -0.2) is 18.1 Å². The zero-order valence-corrected chi connectivity index (χ0v) is 17.8. The molecule has 4 N–H and O–H groups in total. The van der Waals surface area contributed by atoms with E-state index in [1.165, 1.54) is 5.56 Å². The van der Waals surface area contributed by atoms with Crippen LogP contribution in [0.1, 0.15) is 50.3 Å². The van der Waals surface area contributed by atoms with Crippen molar-refractivity contribution in [3.63, 3.8) is 0 Å². The van der Waals surface area contributed by atoms with E-state index in [1.807, 2.05) is 36.4 Å². The molecule has 0 saturated heterocycles. The lowest BCUT2D eigenvalue weighted by Gasteiger charge is -2.12. The highest BCUT2D eigenvalue weighted by Gasteiger charge is 2.15.